The first-order valence-corrected chi connectivity index (χ1v) is 10.4. The van der Waals surface area contributed by atoms with Gasteiger partial charge in [0, 0.05) is 0 Å². The minimum Gasteiger partial charge on any atom is -0.457 e. The molecule has 2 N–H and O–H groups in total. The maximum absolute atomic E-state index is 13.7. The van der Waals surface area contributed by atoms with E-state index in [2.05, 4.69) is 33.6 Å². The van der Waals surface area contributed by atoms with Gasteiger partial charge in [-0.1, -0.05) is 36.0 Å². The lowest BCUT2D eigenvalue weighted by atomic mass is 10.3. The third kappa shape index (κ3) is 3.51. The molecule has 1 aliphatic heterocycles. The quantitative estimate of drug-likeness (QED) is 0.478. The van der Waals surface area contributed by atoms with Crippen molar-refractivity contribution in [3.8, 4) is 40.9 Å². The van der Waals surface area contributed by atoms with Gasteiger partial charge in [0.05, 0.1) is 12.2 Å². The van der Waals surface area contributed by atoms with Crippen LogP contribution in [-0.4, -0.2) is 36.5 Å². The summed E-state index contributed by atoms with van der Waals surface area (Å²) in [6, 6.07) is 16.3. The number of hydrogen-bond acceptors (Lipinski definition) is 6. The molecule has 1 unspecified atom stereocenters. The summed E-state index contributed by atoms with van der Waals surface area (Å²) < 4.78 is 8.60. The molecule has 2 aromatic carbocycles. The van der Waals surface area contributed by atoms with Crippen LogP contribution in [0.3, 0.4) is 0 Å². The van der Waals surface area contributed by atoms with Crippen LogP contribution in [0.25, 0.3) is 16.9 Å². The number of hydrogen-bond donors (Lipinski definition) is 1. The van der Waals surface area contributed by atoms with Gasteiger partial charge in [0.25, 0.3) is 0 Å². The fourth-order valence-electron chi connectivity index (χ4n) is 3.77. The maximum Gasteiger partial charge on any atom is 0.337 e. The lowest BCUT2D eigenvalue weighted by molar-refractivity contribution is -0.126. The van der Waals surface area contributed by atoms with Gasteiger partial charge in [0.15, 0.2) is 17.6 Å². The number of fused-ring (bicyclic) bond motifs is 1. The Morgan fingerprint density at radius 1 is 1.12 bits per heavy atom. The van der Waals surface area contributed by atoms with Crippen LogP contribution < -0.4 is 16.2 Å². The van der Waals surface area contributed by atoms with Gasteiger partial charge in [-0.05, 0) is 49.2 Å². The second-order valence-corrected chi connectivity index (χ2v) is 7.33. The van der Waals surface area contributed by atoms with Crippen LogP contribution in [0.15, 0.2) is 65.7 Å². The van der Waals surface area contributed by atoms with Crippen molar-refractivity contribution in [2.45, 2.75) is 13.1 Å². The van der Waals surface area contributed by atoms with Crippen LogP contribution in [0.5, 0.6) is 11.5 Å². The number of amides is 1. The first-order chi connectivity index (χ1) is 16.6. The van der Waals surface area contributed by atoms with Gasteiger partial charge in [0.1, 0.15) is 23.3 Å². The molecule has 0 spiro atoms. The highest BCUT2D eigenvalue weighted by Crippen LogP contribution is 2.27. The molecule has 9 nitrogen and oxygen atoms in total. The highest BCUT2D eigenvalue weighted by Gasteiger charge is 2.31. The van der Waals surface area contributed by atoms with Crippen LogP contribution in [0.1, 0.15) is 13.1 Å². The van der Waals surface area contributed by atoms with E-state index in [4.69, 9.17) is 10.5 Å². The molecule has 2 aromatic heterocycles. The third-order valence-corrected chi connectivity index (χ3v) is 5.27. The van der Waals surface area contributed by atoms with Crippen LogP contribution in [0, 0.1) is 23.7 Å². The number of carbonyl (C=O) groups excluding carboxylic acids is 1. The van der Waals surface area contributed by atoms with Gasteiger partial charge < -0.3 is 10.5 Å². The Morgan fingerprint density at radius 2 is 1.85 bits per heavy atom. The highest BCUT2D eigenvalue weighted by molar-refractivity contribution is 5.94. The highest BCUT2D eigenvalue weighted by atomic mass is 16.5. The van der Waals surface area contributed by atoms with E-state index in [1.807, 2.05) is 30.3 Å². The Balaban J connectivity index is 1.61. The average molecular weight is 450 g/mol. The Hall–Kier alpha value is -5.02. The summed E-state index contributed by atoms with van der Waals surface area (Å²) in [7, 11) is 0. The number of nitrogen functional groups attached to an aromatic ring is 1. The first kappa shape index (κ1) is 20.9. The summed E-state index contributed by atoms with van der Waals surface area (Å²) in [5.74, 6) is 11.9. The van der Waals surface area contributed by atoms with E-state index < -0.39 is 17.8 Å². The van der Waals surface area contributed by atoms with Crippen LogP contribution >= 0.6 is 0 Å². The van der Waals surface area contributed by atoms with Crippen LogP contribution in [0.2, 0.25) is 0 Å². The zero-order chi connectivity index (χ0) is 23.7. The molecular weight excluding hydrogens is 432 g/mol. The number of para-hydroxylation sites is 1. The summed E-state index contributed by atoms with van der Waals surface area (Å²) in [6.45, 7) is 1.73. The van der Waals surface area contributed by atoms with E-state index >= 15 is 0 Å². The van der Waals surface area contributed by atoms with Gasteiger partial charge in [0.2, 0.25) is 0 Å². The molecule has 166 valence electrons. The van der Waals surface area contributed by atoms with Gasteiger partial charge >= 0.3 is 11.6 Å². The molecule has 0 saturated carbocycles. The van der Waals surface area contributed by atoms with E-state index in [1.165, 1.54) is 20.4 Å². The zero-order valence-corrected chi connectivity index (χ0v) is 18.1. The van der Waals surface area contributed by atoms with Crippen molar-refractivity contribution in [1.82, 2.24) is 24.0 Å². The topological polar surface area (TPSA) is 108 Å². The number of carbonyl (C=O) groups is 1. The van der Waals surface area contributed by atoms with Gasteiger partial charge in [-0.3, -0.25) is 14.3 Å². The molecule has 0 fully saturated rings. The second kappa shape index (κ2) is 8.49. The van der Waals surface area contributed by atoms with E-state index in [0.29, 0.717) is 22.7 Å². The predicted octanol–water partition coefficient (Wildman–Crippen LogP) is 2.32. The van der Waals surface area contributed by atoms with E-state index in [-0.39, 0.29) is 18.0 Å². The number of aromatic nitrogens is 4. The largest absolute Gasteiger partial charge is 0.457 e. The second-order valence-electron chi connectivity index (χ2n) is 7.33. The normalized spacial score (nSPS) is 14.3. The maximum atomic E-state index is 13.7. The molecule has 1 amide bonds. The average Bonchev–Trinajstić information content (AvgIpc) is 3.43. The Morgan fingerprint density at radius 3 is 2.59 bits per heavy atom. The molecule has 4 aromatic rings. The number of benzene rings is 2. The van der Waals surface area contributed by atoms with Gasteiger partial charge in [-0.2, -0.15) is 0 Å². The standard InChI is InChI=1S/C25H18N6O3/c1-2-7-21(32)29-15-6-10-20(29)31-24-22(23(26)27-16-28-24)30(25(31)33)17-11-13-19(14-12-17)34-18-8-4-3-5-9-18/h3-5,8-9,11-14,16,20H,15H2,1H3,(H2,26,27,28). The van der Waals surface area contributed by atoms with Crippen molar-refractivity contribution in [3.05, 3.63) is 71.4 Å². The Bertz CT molecular complexity index is 1580. The molecule has 5 rings (SSSR count). The van der Waals surface area contributed by atoms with Crippen molar-refractivity contribution in [3.63, 3.8) is 0 Å². The van der Waals surface area contributed by atoms with E-state index in [9.17, 15) is 9.59 Å². The van der Waals surface area contributed by atoms with Crippen molar-refractivity contribution < 1.29 is 9.53 Å². The fraction of sp³-hybridized carbons (Fsp3) is 0.120. The zero-order valence-electron chi connectivity index (χ0n) is 18.1. The molecule has 0 radical (unpaired) electrons. The summed E-state index contributed by atoms with van der Waals surface area (Å²) in [5, 5.41) is 0. The third-order valence-electron chi connectivity index (χ3n) is 5.27. The van der Waals surface area contributed by atoms with Crippen molar-refractivity contribution in [2.75, 3.05) is 12.3 Å². The number of imidazole rings is 1. The molecule has 0 saturated heterocycles. The number of ether oxygens (including phenoxy) is 1. The number of nitrogens with two attached hydrogens (primary N) is 1. The summed E-state index contributed by atoms with van der Waals surface area (Å²) >= 11 is 0. The number of rotatable bonds is 4. The lowest BCUT2D eigenvalue weighted by Gasteiger charge is -2.21. The van der Waals surface area contributed by atoms with Crippen LogP contribution in [0.4, 0.5) is 5.82 Å². The molecule has 0 aliphatic carbocycles. The van der Waals surface area contributed by atoms with E-state index in [1.54, 1.807) is 31.2 Å². The molecular formula is C25H18N6O3. The van der Waals surface area contributed by atoms with Gasteiger partial charge in [-0.25, -0.2) is 19.3 Å². The molecule has 1 atom stereocenters. The van der Waals surface area contributed by atoms with Crippen molar-refractivity contribution in [2.24, 2.45) is 0 Å². The number of anilines is 1. The van der Waals surface area contributed by atoms with Crippen molar-refractivity contribution in [1.29, 1.82) is 0 Å². The molecule has 0 bridgehead atoms. The van der Waals surface area contributed by atoms with E-state index in [0.717, 1.165) is 0 Å². The summed E-state index contributed by atoms with van der Waals surface area (Å²) in [5.41, 5.74) is 6.84. The fourth-order valence-corrected chi connectivity index (χ4v) is 3.77. The summed E-state index contributed by atoms with van der Waals surface area (Å²) in [6.07, 6.45) is 0.411. The lowest BCUT2D eigenvalue weighted by Crippen LogP contribution is -2.38. The molecule has 1 aliphatic rings. The first-order valence-electron chi connectivity index (χ1n) is 10.4. The SMILES string of the molecule is CC#CC(=O)N1CC#CC1n1c(=O)n(-c2ccc(Oc3ccccc3)cc2)c2c(N)ncnc21. The van der Waals surface area contributed by atoms with Crippen LogP contribution in [-0.2, 0) is 4.79 Å². The van der Waals surface area contributed by atoms with Gasteiger partial charge in [-0.15, -0.1) is 0 Å². The molecule has 9 heteroatoms. The smallest absolute Gasteiger partial charge is 0.337 e. The molecule has 3 heterocycles. The number of nitrogens with zero attached hydrogens (tertiary/aromatic N) is 5. The minimum absolute atomic E-state index is 0.127. The summed E-state index contributed by atoms with van der Waals surface area (Å²) in [4.78, 5) is 35.9. The Labute approximate surface area is 194 Å². The Kier molecular flexibility index (Phi) is 5.21. The van der Waals surface area contributed by atoms with Crippen molar-refractivity contribution >= 4 is 22.9 Å². The monoisotopic (exact) mass is 450 g/mol. The minimum atomic E-state index is -0.861. The predicted molar refractivity (Wildman–Crippen MR) is 126 cm³/mol. The molecule has 34 heavy (non-hydrogen) atoms.